The number of ether oxygens (including phenoxy) is 1. The summed E-state index contributed by atoms with van der Waals surface area (Å²) in [4.78, 5) is 11.8. The molecule has 0 aromatic heterocycles. The average Bonchev–Trinajstić information content (AvgIpc) is 2.28. The van der Waals surface area contributed by atoms with Crippen LogP contribution in [0.2, 0.25) is 0 Å². The van der Waals surface area contributed by atoms with E-state index in [1.807, 2.05) is 0 Å². The van der Waals surface area contributed by atoms with Gasteiger partial charge in [0.1, 0.15) is 11.4 Å². The van der Waals surface area contributed by atoms with Gasteiger partial charge in [0.15, 0.2) is 5.78 Å². The first-order valence-corrected chi connectivity index (χ1v) is 4.92. The zero-order chi connectivity index (χ0) is 11.5. The van der Waals surface area contributed by atoms with E-state index in [0.29, 0.717) is 17.7 Å². The first-order chi connectivity index (χ1) is 7.01. The van der Waals surface area contributed by atoms with Crippen LogP contribution in [0.5, 0.6) is 5.75 Å². The third-order valence-electron chi connectivity index (χ3n) is 2.53. The van der Waals surface area contributed by atoms with Crippen LogP contribution < -0.4 is 4.74 Å². The summed E-state index contributed by atoms with van der Waals surface area (Å²) >= 11 is 0. The summed E-state index contributed by atoms with van der Waals surface area (Å²) < 4.78 is 4.99. The Morgan fingerprint density at radius 3 is 2.33 bits per heavy atom. The summed E-state index contributed by atoms with van der Waals surface area (Å²) in [6.45, 7) is 3.31. The van der Waals surface area contributed by atoms with Crippen molar-refractivity contribution in [2.45, 2.75) is 25.9 Å². The number of rotatable bonds is 4. The van der Waals surface area contributed by atoms with E-state index in [1.54, 1.807) is 38.3 Å². The maximum atomic E-state index is 11.8. The molecule has 0 aliphatic rings. The molecule has 0 saturated carbocycles. The second kappa shape index (κ2) is 4.45. The number of hydrogen-bond donors (Lipinski definition) is 1. The Labute approximate surface area is 89.7 Å². The maximum Gasteiger partial charge on any atom is 0.194 e. The molecule has 0 amide bonds. The minimum Gasteiger partial charge on any atom is -0.497 e. The molecular weight excluding hydrogens is 192 g/mol. The fourth-order valence-electron chi connectivity index (χ4n) is 1.21. The Bertz CT molecular complexity index is 338. The van der Waals surface area contributed by atoms with Crippen LogP contribution >= 0.6 is 0 Å². The Morgan fingerprint density at radius 1 is 1.40 bits per heavy atom. The molecule has 0 aliphatic heterocycles. The third kappa shape index (κ3) is 2.57. The number of Topliss-reactive ketones (excluding diaryl/α,β-unsaturated/α-hetero) is 1. The highest BCUT2D eigenvalue weighted by Crippen LogP contribution is 2.19. The van der Waals surface area contributed by atoms with Gasteiger partial charge in [0.2, 0.25) is 0 Å². The van der Waals surface area contributed by atoms with E-state index in [4.69, 9.17) is 4.74 Å². The van der Waals surface area contributed by atoms with Gasteiger partial charge in [-0.05, 0) is 37.6 Å². The predicted molar refractivity (Wildman–Crippen MR) is 58.2 cm³/mol. The second-order valence-electron chi connectivity index (χ2n) is 3.69. The summed E-state index contributed by atoms with van der Waals surface area (Å²) in [5.74, 6) is 0.440. The van der Waals surface area contributed by atoms with Crippen LogP contribution in [0.15, 0.2) is 24.3 Å². The van der Waals surface area contributed by atoms with E-state index in [9.17, 15) is 9.90 Å². The molecule has 1 rings (SSSR count). The lowest BCUT2D eigenvalue weighted by Crippen LogP contribution is -2.34. The zero-order valence-electron chi connectivity index (χ0n) is 9.28. The first kappa shape index (κ1) is 11.7. The van der Waals surface area contributed by atoms with Crippen molar-refractivity contribution in [3.63, 3.8) is 0 Å². The fraction of sp³-hybridized carbons (Fsp3) is 0.417. The van der Waals surface area contributed by atoms with Gasteiger partial charge in [0.25, 0.3) is 0 Å². The second-order valence-corrected chi connectivity index (χ2v) is 3.69. The van der Waals surface area contributed by atoms with Gasteiger partial charge in [0, 0.05) is 5.56 Å². The molecular formula is C12H16O3. The summed E-state index contributed by atoms with van der Waals surface area (Å²) in [5.41, 5.74) is -0.781. The zero-order valence-corrected chi connectivity index (χ0v) is 9.28. The molecule has 3 nitrogen and oxygen atoms in total. The quantitative estimate of drug-likeness (QED) is 0.770. The van der Waals surface area contributed by atoms with Crippen molar-refractivity contribution in [3.8, 4) is 5.75 Å². The molecule has 0 fully saturated rings. The Balaban J connectivity index is 2.92. The Morgan fingerprint density at radius 2 is 1.93 bits per heavy atom. The molecule has 0 saturated heterocycles. The molecule has 0 radical (unpaired) electrons. The molecule has 82 valence electrons. The lowest BCUT2D eigenvalue weighted by molar-refractivity contribution is 0.0390. The van der Waals surface area contributed by atoms with Crippen molar-refractivity contribution in [2.75, 3.05) is 7.11 Å². The highest BCUT2D eigenvalue weighted by molar-refractivity contribution is 6.02. The van der Waals surface area contributed by atoms with Crippen LogP contribution in [0.1, 0.15) is 30.6 Å². The van der Waals surface area contributed by atoms with Gasteiger partial charge in [-0.25, -0.2) is 0 Å². The molecule has 3 heteroatoms. The number of carbonyl (C=O) groups excluding carboxylic acids is 1. The summed E-state index contributed by atoms with van der Waals surface area (Å²) in [7, 11) is 1.57. The van der Waals surface area contributed by atoms with Gasteiger partial charge >= 0.3 is 0 Å². The summed E-state index contributed by atoms with van der Waals surface area (Å²) in [6.07, 6.45) is 0.401. The van der Waals surface area contributed by atoms with E-state index in [-0.39, 0.29) is 5.78 Å². The molecule has 1 aromatic rings. The van der Waals surface area contributed by atoms with Crippen molar-refractivity contribution < 1.29 is 14.6 Å². The molecule has 0 aliphatic carbocycles. The molecule has 1 unspecified atom stereocenters. The third-order valence-corrected chi connectivity index (χ3v) is 2.53. The van der Waals surface area contributed by atoms with E-state index in [0.717, 1.165) is 0 Å². The normalized spacial score (nSPS) is 14.4. The van der Waals surface area contributed by atoms with E-state index >= 15 is 0 Å². The number of aliphatic hydroxyl groups is 1. The maximum absolute atomic E-state index is 11.8. The lowest BCUT2D eigenvalue weighted by atomic mass is 9.92. The van der Waals surface area contributed by atoms with Crippen molar-refractivity contribution in [2.24, 2.45) is 0 Å². The van der Waals surface area contributed by atoms with Crippen LogP contribution in [0.3, 0.4) is 0 Å². The van der Waals surface area contributed by atoms with Gasteiger partial charge in [-0.15, -0.1) is 0 Å². The van der Waals surface area contributed by atoms with Gasteiger partial charge in [-0.3, -0.25) is 4.79 Å². The largest absolute Gasteiger partial charge is 0.497 e. The van der Waals surface area contributed by atoms with Crippen LogP contribution in [0, 0.1) is 0 Å². The Hall–Kier alpha value is -1.35. The van der Waals surface area contributed by atoms with Gasteiger partial charge in [-0.2, -0.15) is 0 Å². The number of benzene rings is 1. The van der Waals surface area contributed by atoms with E-state index in [2.05, 4.69) is 0 Å². The molecule has 1 atom stereocenters. The lowest BCUT2D eigenvalue weighted by Gasteiger charge is -2.19. The standard InChI is InChI=1S/C12H16O3/c1-4-12(2,14)11(13)9-5-7-10(15-3)8-6-9/h5-8,14H,4H2,1-3H3. The van der Waals surface area contributed by atoms with Crippen LogP contribution in [0.25, 0.3) is 0 Å². The van der Waals surface area contributed by atoms with Crippen LogP contribution in [-0.2, 0) is 0 Å². The minimum absolute atomic E-state index is 0.257. The molecule has 15 heavy (non-hydrogen) atoms. The summed E-state index contributed by atoms with van der Waals surface area (Å²) in [5, 5.41) is 9.79. The van der Waals surface area contributed by atoms with Crippen molar-refractivity contribution in [1.82, 2.24) is 0 Å². The Kier molecular flexibility index (Phi) is 3.48. The van der Waals surface area contributed by atoms with Gasteiger partial charge < -0.3 is 9.84 Å². The predicted octanol–water partition coefficient (Wildman–Crippen LogP) is 2.04. The number of ketones is 1. The number of carbonyl (C=O) groups is 1. The smallest absolute Gasteiger partial charge is 0.194 e. The van der Waals surface area contributed by atoms with Crippen LogP contribution in [-0.4, -0.2) is 23.6 Å². The van der Waals surface area contributed by atoms with Crippen molar-refractivity contribution in [3.05, 3.63) is 29.8 Å². The molecule has 0 spiro atoms. The summed E-state index contributed by atoms with van der Waals surface area (Å²) in [6, 6.07) is 6.73. The van der Waals surface area contributed by atoms with Crippen LogP contribution in [0.4, 0.5) is 0 Å². The number of methoxy groups -OCH3 is 1. The van der Waals surface area contributed by atoms with Gasteiger partial charge in [-0.1, -0.05) is 6.92 Å². The highest BCUT2D eigenvalue weighted by Gasteiger charge is 2.28. The van der Waals surface area contributed by atoms with Gasteiger partial charge in [0.05, 0.1) is 7.11 Å². The van der Waals surface area contributed by atoms with E-state index in [1.165, 1.54) is 6.92 Å². The van der Waals surface area contributed by atoms with Crippen molar-refractivity contribution >= 4 is 5.78 Å². The van der Waals surface area contributed by atoms with E-state index < -0.39 is 5.60 Å². The first-order valence-electron chi connectivity index (χ1n) is 4.92. The fourth-order valence-corrected chi connectivity index (χ4v) is 1.21. The highest BCUT2D eigenvalue weighted by atomic mass is 16.5. The average molecular weight is 208 g/mol. The molecule has 0 bridgehead atoms. The molecule has 0 heterocycles. The molecule has 1 aromatic carbocycles. The van der Waals surface area contributed by atoms with Crippen molar-refractivity contribution in [1.29, 1.82) is 0 Å². The minimum atomic E-state index is -1.28. The monoisotopic (exact) mass is 208 g/mol. The topological polar surface area (TPSA) is 46.5 Å². The SMILES string of the molecule is CCC(C)(O)C(=O)c1ccc(OC)cc1. The number of hydrogen-bond acceptors (Lipinski definition) is 3. The molecule has 1 N–H and O–H groups in total.